The van der Waals surface area contributed by atoms with Crippen LogP contribution in [0.5, 0.6) is 5.75 Å². The number of rotatable bonds is 3. The number of carbonyl (C=O) groups is 2. The van der Waals surface area contributed by atoms with E-state index in [0.29, 0.717) is 0 Å². The third kappa shape index (κ3) is 4.32. The van der Waals surface area contributed by atoms with E-state index < -0.39 is 23.6 Å². The third-order valence-corrected chi connectivity index (χ3v) is 2.86. The van der Waals surface area contributed by atoms with Crippen LogP contribution in [0.25, 0.3) is 0 Å². The second kappa shape index (κ2) is 6.51. The summed E-state index contributed by atoms with van der Waals surface area (Å²) in [4.78, 5) is 22.8. The predicted octanol–water partition coefficient (Wildman–Crippen LogP) is 3.88. The zero-order chi connectivity index (χ0) is 17.0. The Balaban J connectivity index is 2.18. The van der Waals surface area contributed by atoms with Crippen molar-refractivity contribution in [2.75, 3.05) is 5.32 Å². The van der Waals surface area contributed by atoms with Crippen LogP contribution in [-0.2, 0) is 11.0 Å². The highest BCUT2D eigenvalue weighted by Gasteiger charge is 2.33. The monoisotopic (exact) mass is 323 g/mol. The molecular formula is C16H12F3NO3. The predicted molar refractivity (Wildman–Crippen MR) is 77.1 cm³/mol. The van der Waals surface area contributed by atoms with E-state index in [1.165, 1.54) is 49.4 Å². The average Bonchev–Trinajstić information content (AvgIpc) is 2.46. The Labute approximate surface area is 129 Å². The standard InChI is InChI=1S/C16H12F3NO3/c1-10(21)23-12-8-6-11(7-9-12)15(22)20-14-5-3-2-4-13(14)16(17,18)19/h2-9H,1H3,(H,20,22). The average molecular weight is 323 g/mol. The van der Waals surface area contributed by atoms with Crippen LogP contribution in [0.1, 0.15) is 22.8 Å². The van der Waals surface area contributed by atoms with Crippen molar-refractivity contribution in [3.63, 3.8) is 0 Å². The zero-order valence-electron chi connectivity index (χ0n) is 12.0. The van der Waals surface area contributed by atoms with Gasteiger partial charge in [-0.2, -0.15) is 13.2 Å². The van der Waals surface area contributed by atoms with Gasteiger partial charge in [-0.25, -0.2) is 0 Å². The summed E-state index contributed by atoms with van der Waals surface area (Å²) in [5, 5.41) is 2.23. The molecule has 2 aromatic rings. The number of ether oxygens (including phenoxy) is 1. The van der Waals surface area contributed by atoms with Gasteiger partial charge in [0.2, 0.25) is 0 Å². The van der Waals surface area contributed by atoms with Crippen molar-refractivity contribution in [2.24, 2.45) is 0 Å². The smallest absolute Gasteiger partial charge is 0.418 e. The normalized spacial score (nSPS) is 11.0. The fourth-order valence-corrected chi connectivity index (χ4v) is 1.87. The van der Waals surface area contributed by atoms with Gasteiger partial charge in [0.1, 0.15) is 5.75 Å². The molecule has 120 valence electrons. The summed E-state index contributed by atoms with van der Waals surface area (Å²) in [7, 11) is 0. The first-order valence-electron chi connectivity index (χ1n) is 6.53. The minimum atomic E-state index is -4.57. The van der Waals surface area contributed by atoms with Crippen LogP contribution in [0.2, 0.25) is 0 Å². The van der Waals surface area contributed by atoms with E-state index in [2.05, 4.69) is 5.32 Å². The topological polar surface area (TPSA) is 55.4 Å². The maximum absolute atomic E-state index is 12.9. The molecule has 0 spiro atoms. The molecule has 0 saturated carbocycles. The molecule has 2 aromatic carbocycles. The van der Waals surface area contributed by atoms with Crippen molar-refractivity contribution in [2.45, 2.75) is 13.1 Å². The fourth-order valence-electron chi connectivity index (χ4n) is 1.87. The number of halogens is 3. The molecule has 7 heteroatoms. The lowest BCUT2D eigenvalue weighted by atomic mass is 10.1. The Bertz CT molecular complexity index is 724. The van der Waals surface area contributed by atoms with Crippen LogP contribution in [0, 0.1) is 0 Å². The maximum Gasteiger partial charge on any atom is 0.418 e. The molecule has 0 bridgehead atoms. The number of amides is 1. The highest BCUT2D eigenvalue weighted by atomic mass is 19.4. The number of nitrogens with one attached hydrogen (secondary N) is 1. The van der Waals surface area contributed by atoms with Crippen LogP contribution in [0.3, 0.4) is 0 Å². The highest BCUT2D eigenvalue weighted by molar-refractivity contribution is 6.04. The van der Waals surface area contributed by atoms with Gasteiger partial charge in [0.15, 0.2) is 0 Å². The van der Waals surface area contributed by atoms with Crippen LogP contribution in [-0.4, -0.2) is 11.9 Å². The van der Waals surface area contributed by atoms with Gasteiger partial charge in [-0.3, -0.25) is 9.59 Å². The molecule has 0 fully saturated rings. The van der Waals surface area contributed by atoms with E-state index >= 15 is 0 Å². The van der Waals surface area contributed by atoms with Crippen LogP contribution in [0.4, 0.5) is 18.9 Å². The number of carbonyl (C=O) groups excluding carboxylic acids is 2. The number of benzene rings is 2. The maximum atomic E-state index is 12.9. The second-order valence-corrected chi connectivity index (χ2v) is 4.62. The lowest BCUT2D eigenvalue weighted by Crippen LogP contribution is -2.16. The number of hydrogen-bond acceptors (Lipinski definition) is 3. The van der Waals surface area contributed by atoms with Gasteiger partial charge in [0.25, 0.3) is 5.91 Å². The first-order valence-corrected chi connectivity index (χ1v) is 6.53. The largest absolute Gasteiger partial charge is 0.427 e. The molecule has 1 amide bonds. The van der Waals surface area contributed by atoms with Crippen molar-refractivity contribution < 1.29 is 27.5 Å². The van der Waals surface area contributed by atoms with Gasteiger partial charge in [0.05, 0.1) is 11.3 Å². The minimum absolute atomic E-state index is 0.137. The quantitative estimate of drug-likeness (QED) is 0.689. The van der Waals surface area contributed by atoms with Gasteiger partial charge >= 0.3 is 12.1 Å². The van der Waals surface area contributed by atoms with E-state index in [1.807, 2.05) is 0 Å². The van der Waals surface area contributed by atoms with Gasteiger partial charge in [0, 0.05) is 12.5 Å². The molecule has 0 atom stereocenters. The molecule has 0 unspecified atom stereocenters. The lowest BCUT2D eigenvalue weighted by Gasteiger charge is -2.13. The molecule has 23 heavy (non-hydrogen) atoms. The summed E-state index contributed by atoms with van der Waals surface area (Å²) in [6, 6.07) is 10.2. The van der Waals surface area contributed by atoms with Crippen LogP contribution in [0.15, 0.2) is 48.5 Å². The number of hydrogen-bond donors (Lipinski definition) is 1. The highest BCUT2D eigenvalue weighted by Crippen LogP contribution is 2.34. The Hall–Kier alpha value is -2.83. The number of para-hydroxylation sites is 1. The molecule has 2 rings (SSSR count). The molecule has 0 aliphatic heterocycles. The number of esters is 1. The molecule has 0 radical (unpaired) electrons. The summed E-state index contributed by atoms with van der Waals surface area (Å²) in [5.74, 6) is -0.970. The second-order valence-electron chi connectivity index (χ2n) is 4.62. The molecule has 4 nitrogen and oxygen atoms in total. The number of anilines is 1. The Kier molecular flexibility index (Phi) is 4.68. The van der Waals surface area contributed by atoms with Crippen LogP contribution < -0.4 is 10.1 Å². The van der Waals surface area contributed by atoms with Gasteiger partial charge in [-0.05, 0) is 36.4 Å². The molecule has 0 aliphatic carbocycles. The Morgan fingerprint density at radius 2 is 1.61 bits per heavy atom. The number of alkyl halides is 3. The summed E-state index contributed by atoms with van der Waals surface area (Å²) in [6.07, 6.45) is -4.57. The molecule has 0 saturated heterocycles. The fraction of sp³-hybridized carbons (Fsp3) is 0.125. The van der Waals surface area contributed by atoms with Crippen molar-refractivity contribution in [3.05, 3.63) is 59.7 Å². The molecule has 0 aliphatic rings. The van der Waals surface area contributed by atoms with Crippen molar-refractivity contribution in [1.82, 2.24) is 0 Å². The third-order valence-electron chi connectivity index (χ3n) is 2.86. The van der Waals surface area contributed by atoms with E-state index in [9.17, 15) is 22.8 Å². The molecule has 0 aromatic heterocycles. The Morgan fingerprint density at radius 1 is 1.00 bits per heavy atom. The van der Waals surface area contributed by atoms with Crippen molar-refractivity contribution in [1.29, 1.82) is 0 Å². The summed E-state index contributed by atoms with van der Waals surface area (Å²) < 4.78 is 43.4. The Morgan fingerprint density at radius 3 is 2.17 bits per heavy atom. The summed E-state index contributed by atoms with van der Waals surface area (Å²) in [5.41, 5.74) is -1.11. The van der Waals surface area contributed by atoms with Gasteiger partial charge in [-0.1, -0.05) is 12.1 Å². The SMILES string of the molecule is CC(=O)Oc1ccc(C(=O)Nc2ccccc2C(F)(F)F)cc1. The van der Waals surface area contributed by atoms with Gasteiger partial charge < -0.3 is 10.1 Å². The van der Waals surface area contributed by atoms with Crippen LogP contribution >= 0.6 is 0 Å². The van der Waals surface area contributed by atoms with E-state index in [0.717, 1.165) is 6.07 Å². The van der Waals surface area contributed by atoms with Gasteiger partial charge in [-0.15, -0.1) is 0 Å². The first kappa shape index (κ1) is 16.5. The molecular weight excluding hydrogens is 311 g/mol. The first-order chi connectivity index (χ1) is 10.8. The summed E-state index contributed by atoms with van der Waals surface area (Å²) in [6.45, 7) is 1.23. The lowest BCUT2D eigenvalue weighted by molar-refractivity contribution is -0.137. The molecule has 1 N–H and O–H groups in total. The van der Waals surface area contributed by atoms with E-state index in [1.54, 1.807) is 0 Å². The minimum Gasteiger partial charge on any atom is -0.427 e. The zero-order valence-corrected chi connectivity index (χ0v) is 12.0. The molecule has 0 heterocycles. The van der Waals surface area contributed by atoms with E-state index in [-0.39, 0.29) is 17.0 Å². The van der Waals surface area contributed by atoms with E-state index in [4.69, 9.17) is 4.74 Å². The van der Waals surface area contributed by atoms with Crippen molar-refractivity contribution >= 4 is 17.6 Å². The van der Waals surface area contributed by atoms with Crippen molar-refractivity contribution in [3.8, 4) is 5.75 Å². The summed E-state index contributed by atoms with van der Waals surface area (Å²) >= 11 is 0.